The van der Waals surface area contributed by atoms with Crippen molar-refractivity contribution in [1.29, 1.82) is 0 Å². The van der Waals surface area contributed by atoms with Crippen LogP contribution in [0.3, 0.4) is 0 Å². The van der Waals surface area contributed by atoms with E-state index in [4.69, 9.17) is 15.2 Å². The van der Waals surface area contributed by atoms with Gasteiger partial charge in [0, 0.05) is 19.1 Å². The number of benzene rings is 1. The highest BCUT2D eigenvalue weighted by Crippen LogP contribution is 2.20. The van der Waals surface area contributed by atoms with Crippen LogP contribution in [0.25, 0.3) is 0 Å². The molecule has 0 saturated carbocycles. The van der Waals surface area contributed by atoms with Crippen LogP contribution in [-0.4, -0.2) is 43.2 Å². The second-order valence-electron chi connectivity index (χ2n) is 6.21. The number of amides is 1. The number of halogens is 1. The molecule has 1 amide bonds. The zero-order chi connectivity index (χ0) is 16.7. The number of hydrogen-bond donors (Lipinski definition) is 1. The molecule has 0 aromatic heterocycles. The lowest BCUT2D eigenvalue weighted by Gasteiger charge is -2.34. The number of nitrogens with zero attached hydrogens (tertiary/aromatic N) is 1. The van der Waals surface area contributed by atoms with Gasteiger partial charge in [-0.15, -0.1) is 12.4 Å². The van der Waals surface area contributed by atoms with Crippen LogP contribution in [0.5, 0.6) is 11.5 Å². The summed E-state index contributed by atoms with van der Waals surface area (Å²) >= 11 is 0. The molecule has 1 saturated heterocycles. The molecule has 24 heavy (non-hydrogen) atoms. The molecule has 1 aromatic carbocycles. The normalized spacial score (nSPS) is 18.5. The van der Waals surface area contributed by atoms with Crippen molar-refractivity contribution >= 4 is 18.3 Å². The van der Waals surface area contributed by atoms with E-state index in [9.17, 15) is 4.79 Å². The third-order valence-corrected chi connectivity index (χ3v) is 4.21. The van der Waals surface area contributed by atoms with Crippen molar-refractivity contribution in [3.63, 3.8) is 0 Å². The maximum absolute atomic E-state index is 12.3. The lowest BCUT2D eigenvalue weighted by atomic mass is 9.92. The van der Waals surface area contributed by atoms with Gasteiger partial charge in [-0.25, -0.2) is 0 Å². The van der Waals surface area contributed by atoms with Gasteiger partial charge in [0.2, 0.25) is 0 Å². The Balaban J connectivity index is 0.00000288. The minimum absolute atomic E-state index is 0. The molecule has 0 spiro atoms. The van der Waals surface area contributed by atoms with E-state index in [-0.39, 0.29) is 31.0 Å². The molecule has 136 valence electrons. The van der Waals surface area contributed by atoms with Crippen molar-refractivity contribution in [3.05, 3.63) is 24.3 Å². The van der Waals surface area contributed by atoms with Crippen LogP contribution in [0.4, 0.5) is 0 Å². The Morgan fingerprint density at radius 3 is 2.50 bits per heavy atom. The summed E-state index contributed by atoms with van der Waals surface area (Å²) in [6.45, 7) is 6.39. The van der Waals surface area contributed by atoms with Crippen molar-refractivity contribution in [3.8, 4) is 11.5 Å². The van der Waals surface area contributed by atoms with E-state index in [0.29, 0.717) is 18.3 Å². The average Bonchev–Trinajstić information content (AvgIpc) is 2.58. The molecule has 1 aliphatic heterocycles. The topological polar surface area (TPSA) is 64.8 Å². The summed E-state index contributed by atoms with van der Waals surface area (Å²) in [5, 5.41) is 0. The molecule has 2 N–H and O–H groups in total. The smallest absolute Gasteiger partial charge is 0.260 e. The van der Waals surface area contributed by atoms with Crippen LogP contribution < -0.4 is 15.2 Å². The van der Waals surface area contributed by atoms with Gasteiger partial charge in [-0.05, 0) is 56.4 Å². The molecule has 2 unspecified atom stereocenters. The zero-order valence-electron chi connectivity index (χ0n) is 14.6. The Bertz CT molecular complexity index is 494. The molecule has 0 radical (unpaired) electrons. The summed E-state index contributed by atoms with van der Waals surface area (Å²) in [7, 11) is 0. The van der Waals surface area contributed by atoms with Gasteiger partial charge in [-0.1, -0.05) is 6.92 Å². The van der Waals surface area contributed by atoms with Crippen LogP contribution in [-0.2, 0) is 4.79 Å². The first-order chi connectivity index (χ1) is 11.1. The van der Waals surface area contributed by atoms with E-state index in [1.54, 1.807) is 0 Å². The molecular weight excluding hydrogens is 328 g/mol. The minimum atomic E-state index is 0. The standard InChI is InChI=1S/C18H28N2O3.ClH/c1-3-11-22-16-6-8-17(9-7-16)23-13-18(21)20-10-4-5-15(12-20)14(2)19;/h6-9,14-15H,3-5,10-13,19H2,1-2H3;1H. The number of nitrogens with two attached hydrogens (primary N) is 1. The van der Waals surface area contributed by atoms with Crippen LogP contribution in [0, 0.1) is 5.92 Å². The van der Waals surface area contributed by atoms with Gasteiger partial charge in [0.1, 0.15) is 11.5 Å². The van der Waals surface area contributed by atoms with E-state index in [0.717, 1.165) is 38.1 Å². The van der Waals surface area contributed by atoms with Crippen LogP contribution in [0.2, 0.25) is 0 Å². The first-order valence-electron chi connectivity index (χ1n) is 8.49. The van der Waals surface area contributed by atoms with Crippen LogP contribution in [0.15, 0.2) is 24.3 Å². The predicted octanol–water partition coefficient (Wildman–Crippen LogP) is 2.86. The third-order valence-electron chi connectivity index (χ3n) is 4.21. The summed E-state index contributed by atoms with van der Waals surface area (Å²) in [4.78, 5) is 14.2. The van der Waals surface area contributed by atoms with Gasteiger partial charge in [0.05, 0.1) is 6.61 Å². The summed E-state index contributed by atoms with van der Waals surface area (Å²) in [5.74, 6) is 1.92. The highest BCUT2D eigenvalue weighted by Gasteiger charge is 2.25. The minimum Gasteiger partial charge on any atom is -0.494 e. The molecular formula is C18H29ClN2O3. The van der Waals surface area contributed by atoms with E-state index in [2.05, 4.69) is 6.92 Å². The molecule has 1 fully saturated rings. The Kier molecular flexibility index (Phi) is 8.93. The van der Waals surface area contributed by atoms with Crippen LogP contribution in [0.1, 0.15) is 33.1 Å². The maximum atomic E-state index is 12.3. The lowest BCUT2D eigenvalue weighted by molar-refractivity contribution is -0.135. The number of ether oxygens (including phenoxy) is 2. The molecule has 2 atom stereocenters. The first kappa shape index (κ1) is 20.6. The van der Waals surface area contributed by atoms with E-state index in [1.165, 1.54) is 0 Å². The number of carbonyl (C=O) groups excluding carboxylic acids is 1. The Morgan fingerprint density at radius 1 is 1.29 bits per heavy atom. The molecule has 1 heterocycles. The average molecular weight is 357 g/mol. The summed E-state index contributed by atoms with van der Waals surface area (Å²) in [6.07, 6.45) is 3.09. The first-order valence-corrected chi connectivity index (χ1v) is 8.49. The maximum Gasteiger partial charge on any atom is 0.260 e. The summed E-state index contributed by atoms with van der Waals surface area (Å²) < 4.78 is 11.1. The molecule has 2 rings (SSSR count). The van der Waals surface area contributed by atoms with Crippen molar-refractivity contribution in [2.75, 3.05) is 26.3 Å². The van der Waals surface area contributed by atoms with Gasteiger partial charge in [-0.3, -0.25) is 4.79 Å². The Labute approximate surface area is 150 Å². The Morgan fingerprint density at radius 2 is 1.92 bits per heavy atom. The highest BCUT2D eigenvalue weighted by atomic mass is 35.5. The number of piperidine rings is 1. The fourth-order valence-electron chi connectivity index (χ4n) is 2.75. The van der Waals surface area contributed by atoms with Gasteiger partial charge >= 0.3 is 0 Å². The van der Waals surface area contributed by atoms with Crippen LogP contribution >= 0.6 is 12.4 Å². The summed E-state index contributed by atoms with van der Waals surface area (Å²) in [5.41, 5.74) is 5.96. The SMILES string of the molecule is CCCOc1ccc(OCC(=O)N2CCCC(C(C)N)C2)cc1.Cl. The Hall–Kier alpha value is -1.46. The molecule has 0 aliphatic carbocycles. The number of rotatable bonds is 7. The highest BCUT2D eigenvalue weighted by molar-refractivity contribution is 5.85. The number of hydrogen-bond acceptors (Lipinski definition) is 4. The second-order valence-corrected chi connectivity index (χ2v) is 6.21. The van der Waals surface area contributed by atoms with E-state index >= 15 is 0 Å². The summed E-state index contributed by atoms with van der Waals surface area (Å²) in [6, 6.07) is 7.52. The zero-order valence-corrected chi connectivity index (χ0v) is 15.4. The van der Waals surface area contributed by atoms with Crippen molar-refractivity contribution in [2.45, 2.75) is 39.2 Å². The third kappa shape index (κ3) is 6.21. The van der Waals surface area contributed by atoms with Gasteiger partial charge in [0.15, 0.2) is 6.61 Å². The van der Waals surface area contributed by atoms with Crippen molar-refractivity contribution < 1.29 is 14.3 Å². The molecule has 0 bridgehead atoms. The molecule has 5 nitrogen and oxygen atoms in total. The quantitative estimate of drug-likeness (QED) is 0.815. The van der Waals surface area contributed by atoms with Gasteiger partial charge in [-0.2, -0.15) is 0 Å². The predicted molar refractivity (Wildman–Crippen MR) is 97.9 cm³/mol. The van der Waals surface area contributed by atoms with E-state index in [1.807, 2.05) is 36.1 Å². The van der Waals surface area contributed by atoms with Crippen molar-refractivity contribution in [1.82, 2.24) is 4.90 Å². The number of likely N-dealkylation sites (tertiary alicyclic amines) is 1. The van der Waals surface area contributed by atoms with E-state index < -0.39 is 0 Å². The fraction of sp³-hybridized carbons (Fsp3) is 0.611. The number of carbonyl (C=O) groups is 1. The second kappa shape index (κ2) is 10.4. The molecule has 1 aliphatic rings. The largest absolute Gasteiger partial charge is 0.494 e. The monoisotopic (exact) mass is 356 g/mol. The van der Waals surface area contributed by atoms with Crippen molar-refractivity contribution in [2.24, 2.45) is 11.7 Å². The molecule has 6 heteroatoms. The lowest BCUT2D eigenvalue weighted by Crippen LogP contribution is -2.46. The van der Waals surface area contributed by atoms with Gasteiger partial charge < -0.3 is 20.1 Å². The molecule has 1 aromatic rings. The fourth-order valence-corrected chi connectivity index (χ4v) is 2.75. The van der Waals surface area contributed by atoms with Gasteiger partial charge in [0.25, 0.3) is 5.91 Å².